The van der Waals surface area contributed by atoms with Crippen molar-refractivity contribution < 1.29 is 6.40 Å². The zero-order valence-corrected chi connectivity index (χ0v) is 7.18. The van der Waals surface area contributed by atoms with Crippen molar-refractivity contribution in [3.8, 4) is 0 Å². The Balaban J connectivity index is 2.93. The van der Waals surface area contributed by atoms with E-state index in [-0.39, 0.29) is 0 Å². The van der Waals surface area contributed by atoms with E-state index in [4.69, 9.17) is 3.39 Å². The molecule has 1 aromatic rings. The average Bonchev–Trinajstić information content (AvgIpc) is 2.12. The third-order valence-corrected chi connectivity index (χ3v) is 4.37. The molecular formula is C3H3NO2SSb. The number of hydrogen-bond donors (Lipinski definition) is 1. The molecule has 1 N–H and O–H groups in total. The summed E-state index contributed by atoms with van der Waals surface area (Å²) in [4.78, 5) is 3.65. The van der Waals surface area contributed by atoms with E-state index in [1.165, 1.54) is 17.5 Å². The first-order valence-electron chi connectivity index (χ1n) is 1.86. The molecule has 0 saturated carbocycles. The average molecular weight is 239 g/mol. The van der Waals surface area contributed by atoms with Gasteiger partial charge in [-0.25, -0.2) is 0 Å². The van der Waals surface area contributed by atoms with E-state index < -0.39 is 20.6 Å². The van der Waals surface area contributed by atoms with E-state index in [0.717, 1.165) is 0 Å². The van der Waals surface area contributed by atoms with Gasteiger partial charge in [-0.15, -0.1) is 0 Å². The van der Waals surface area contributed by atoms with Gasteiger partial charge in [0.2, 0.25) is 0 Å². The zero-order chi connectivity index (χ0) is 5.98. The van der Waals surface area contributed by atoms with Gasteiger partial charge in [-0.1, -0.05) is 0 Å². The summed E-state index contributed by atoms with van der Waals surface area (Å²) in [6.07, 6.45) is 1.53. The molecule has 0 fully saturated rings. The first-order chi connectivity index (χ1) is 3.80. The molecule has 0 bridgehead atoms. The summed E-state index contributed by atoms with van der Waals surface area (Å²) in [5, 5.41) is 1.70. The van der Waals surface area contributed by atoms with Gasteiger partial charge in [0.1, 0.15) is 0 Å². The Morgan fingerprint density at radius 1 is 1.88 bits per heavy atom. The molecular weight excluding hydrogens is 236 g/mol. The summed E-state index contributed by atoms with van der Waals surface area (Å²) in [7, 11) is 0. The van der Waals surface area contributed by atoms with E-state index in [1.54, 1.807) is 5.38 Å². The van der Waals surface area contributed by atoms with Crippen molar-refractivity contribution in [3.05, 3.63) is 11.6 Å². The Morgan fingerprint density at radius 3 is 2.88 bits per heavy atom. The van der Waals surface area contributed by atoms with Crippen LogP contribution < -0.4 is 2.95 Å². The van der Waals surface area contributed by atoms with Gasteiger partial charge in [-0.3, -0.25) is 0 Å². The summed E-state index contributed by atoms with van der Waals surface area (Å²) in [6, 6.07) is 0. The van der Waals surface area contributed by atoms with Crippen LogP contribution in [0.1, 0.15) is 0 Å². The van der Waals surface area contributed by atoms with Crippen LogP contribution in [0.4, 0.5) is 0 Å². The Labute approximate surface area is 57.9 Å². The predicted octanol–water partition coefficient (Wildman–Crippen LogP) is -0.739. The topological polar surface area (TPSA) is 50.2 Å². The van der Waals surface area contributed by atoms with Gasteiger partial charge in [-0.05, 0) is 0 Å². The quantitative estimate of drug-likeness (QED) is 0.656. The van der Waals surface area contributed by atoms with Crippen LogP contribution in [0, 0.1) is 0 Å². The van der Waals surface area contributed by atoms with Gasteiger partial charge < -0.3 is 0 Å². The van der Waals surface area contributed by atoms with Gasteiger partial charge in [-0.2, -0.15) is 0 Å². The molecule has 1 rings (SSSR count). The fourth-order valence-corrected chi connectivity index (χ4v) is 2.53. The molecule has 43 valence electrons. The van der Waals surface area contributed by atoms with Crippen molar-refractivity contribution >= 4 is 34.9 Å². The van der Waals surface area contributed by atoms with Crippen molar-refractivity contribution in [1.82, 2.24) is 4.98 Å². The Bertz CT molecular complexity index is 185. The summed E-state index contributed by atoms with van der Waals surface area (Å²) >= 11 is -1.96. The van der Waals surface area contributed by atoms with E-state index >= 15 is 0 Å². The summed E-state index contributed by atoms with van der Waals surface area (Å²) < 4.78 is 19.2. The van der Waals surface area contributed by atoms with Crippen LogP contribution >= 0.6 is 11.3 Å². The zero-order valence-electron chi connectivity index (χ0n) is 3.81. The van der Waals surface area contributed by atoms with Gasteiger partial charge in [0, 0.05) is 0 Å². The van der Waals surface area contributed by atoms with Crippen LogP contribution in [0.15, 0.2) is 11.6 Å². The predicted molar refractivity (Wildman–Crippen MR) is 30.4 cm³/mol. The normalized spacial score (nSPS) is 9.12. The monoisotopic (exact) mass is 238 g/mol. The number of aromatic nitrogens is 1. The summed E-state index contributed by atoms with van der Waals surface area (Å²) in [6.45, 7) is 0. The van der Waals surface area contributed by atoms with Crippen LogP contribution in [0.2, 0.25) is 0 Å². The van der Waals surface area contributed by atoms with Crippen LogP contribution in [0.3, 0.4) is 0 Å². The molecule has 8 heavy (non-hydrogen) atoms. The SMILES string of the molecule is [O]=[Sb]([OH])[c]1nccs1. The summed E-state index contributed by atoms with van der Waals surface area (Å²) in [5.41, 5.74) is 0. The van der Waals surface area contributed by atoms with Crippen molar-refractivity contribution in [3.63, 3.8) is 0 Å². The van der Waals surface area contributed by atoms with E-state index in [2.05, 4.69) is 4.98 Å². The molecule has 0 aliphatic carbocycles. The fraction of sp³-hybridized carbons (Fsp3) is 0. The fourth-order valence-electron chi connectivity index (χ4n) is 0.310. The molecule has 1 aromatic heterocycles. The molecule has 1 heterocycles. The van der Waals surface area contributed by atoms with Crippen LogP contribution in [0.25, 0.3) is 0 Å². The van der Waals surface area contributed by atoms with Crippen LogP contribution in [-0.4, -0.2) is 29.0 Å². The molecule has 0 aliphatic heterocycles. The standard InChI is InChI=1S/C3H2NS.H2O.O.Sb/c1-2-5-3-4-1;;;/h1-2H;1H2;;/q;;;+1/p-1. The number of hydrogen-bond acceptors (Lipinski definition) is 3. The summed E-state index contributed by atoms with van der Waals surface area (Å²) in [5.74, 6) is 0. The molecule has 0 amide bonds. The molecule has 5 heteroatoms. The number of rotatable bonds is 1. The molecule has 3 nitrogen and oxygen atoms in total. The van der Waals surface area contributed by atoms with Gasteiger partial charge in [0.05, 0.1) is 0 Å². The first-order valence-corrected chi connectivity index (χ1v) is 6.20. The van der Waals surface area contributed by atoms with Crippen LogP contribution in [0.5, 0.6) is 0 Å². The molecule has 0 atom stereocenters. The maximum absolute atomic E-state index is 10.3. The molecule has 0 aliphatic rings. The van der Waals surface area contributed by atoms with Crippen molar-refractivity contribution in [1.29, 1.82) is 0 Å². The van der Waals surface area contributed by atoms with Gasteiger partial charge >= 0.3 is 57.9 Å². The molecule has 0 aromatic carbocycles. The molecule has 0 unspecified atom stereocenters. The molecule has 0 saturated heterocycles. The van der Waals surface area contributed by atoms with E-state index in [1.807, 2.05) is 0 Å². The Hall–Kier alpha value is 0.208. The van der Waals surface area contributed by atoms with E-state index in [0.29, 0.717) is 2.95 Å². The minimum atomic E-state index is -3.20. The first kappa shape index (κ1) is 6.33. The van der Waals surface area contributed by atoms with E-state index in [9.17, 15) is 3.02 Å². The third kappa shape index (κ3) is 1.34. The number of nitrogens with zero attached hydrogens (tertiary/aromatic N) is 1. The van der Waals surface area contributed by atoms with Crippen molar-refractivity contribution in [2.45, 2.75) is 0 Å². The van der Waals surface area contributed by atoms with Gasteiger partial charge in [0.15, 0.2) is 0 Å². The molecule has 1 radical (unpaired) electrons. The number of thiazole rings is 1. The van der Waals surface area contributed by atoms with Gasteiger partial charge in [0.25, 0.3) is 0 Å². The van der Waals surface area contributed by atoms with Crippen LogP contribution in [-0.2, 0) is 3.02 Å². The second-order valence-electron chi connectivity index (χ2n) is 1.09. The molecule has 0 spiro atoms. The van der Waals surface area contributed by atoms with Crippen molar-refractivity contribution in [2.75, 3.05) is 0 Å². The third-order valence-electron chi connectivity index (χ3n) is 0.583. The second-order valence-corrected chi connectivity index (χ2v) is 5.65. The Kier molecular flexibility index (Phi) is 2.11. The Morgan fingerprint density at radius 2 is 2.62 bits per heavy atom. The van der Waals surface area contributed by atoms with Crippen molar-refractivity contribution in [2.24, 2.45) is 0 Å². The maximum atomic E-state index is 10.3. The second kappa shape index (κ2) is 2.67. The minimum absolute atomic E-state index is 0.410.